The third kappa shape index (κ3) is 1.41. The lowest BCUT2D eigenvalue weighted by Gasteiger charge is -2.74. The van der Waals surface area contributed by atoms with Gasteiger partial charge in [-0.1, -0.05) is 12.5 Å². The van der Waals surface area contributed by atoms with Gasteiger partial charge in [0.2, 0.25) is 0 Å². The lowest BCUT2D eigenvalue weighted by molar-refractivity contribution is -0.290. The predicted molar refractivity (Wildman–Crippen MR) is 100 cm³/mol. The molecule has 144 valence electrons. The molecule has 1 aromatic carbocycles. The first-order valence-corrected chi connectivity index (χ1v) is 10.4. The molecule has 4 heteroatoms. The monoisotopic (exact) mass is 368 g/mol. The largest absolute Gasteiger partial charge is 0.493 e. The van der Waals surface area contributed by atoms with Crippen LogP contribution in [0.1, 0.15) is 56.6 Å². The molecule has 0 saturated heterocycles. The number of ether oxygens (including phenoxy) is 3. The SMILES string of the molecule is COc1ccc2c3c1O[C@H]1[C@@]4(OC)CC[C@@]5(C[C@]4(C)C=O)[C@H](CCC[C@]315)C2. The molecule has 0 unspecified atom stereocenters. The van der Waals surface area contributed by atoms with E-state index in [0.717, 1.165) is 43.6 Å². The van der Waals surface area contributed by atoms with Gasteiger partial charge >= 0.3 is 0 Å². The predicted octanol–water partition coefficient (Wildman–Crippen LogP) is 3.82. The van der Waals surface area contributed by atoms with E-state index in [4.69, 9.17) is 14.2 Å². The Morgan fingerprint density at radius 1 is 1.22 bits per heavy atom. The van der Waals surface area contributed by atoms with Gasteiger partial charge in [-0.05, 0) is 68.4 Å². The topological polar surface area (TPSA) is 44.8 Å². The molecule has 4 nitrogen and oxygen atoms in total. The number of hydrogen-bond donors (Lipinski definition) is 0. The Hall–Kier alpha value is -1.55. The summed E-state index contributed by atoms with van der Waals surface area (Å²) in [5.74, 6) is 2.40. The van der Waals surface area contributed by atoms with Gasteiger partial charge in [0.05, 0.1) is 12.5 Å². The molecule has 7 rings (SSSR count). The van der Waals surface area contributed by atoms with E-state index < -0.39 is 11.0 Å². The fourth-order valence-electron chi connectivity index (χ4n) is 8.56. The number of fused-ring (bicyclic) bond motifs is 2. The Bertz CT molecular complexity index is 864. The minimum Gasteiger partial charge on any atom is -0.493 e. The quantitative estimate of drug-likeness (QED) is 0.761. The van der Waals surface area contributed by atoms with Crippen molar-refractivity contribution in [3.63, 3.8) is 0 Å². The summed E-state index contributed by atoms with van der Waals surface area (Å²) in [5, 5.41) is 0. The van der Waals surface area contributed by atoms with Gasteiger partial charge < -0.3 is 19.0 Å². The Morgan fingerprint density at radius 2 is 2.07 bits per heavy atom. The lowest BCUT2D eigenvalue weighted by Crippen LogP contribution is -2.80. The van der Waals surface area contributed by atoms with Crippen molar-refractivity contribution < 1.29 is 19.0 Å². The van der Waals surface area contributed by atoms with Crippen molar-refractivity contribution in [3.8, 4) is 11.5 Å². The molecule has 4 fully saturated rings. The second-order valence-corrected chi connectivity index (χ2v) is 9.86. The zero-order valence-electron chi connectivity index (χ0n) is 16.5. The zero-order chi connectivity index (χ0) is 18.7. The van der Waals surface area contributed by atoms with Gasteiger partial charge in [-0.2, -0.15) is 0 Å². The molecule has 4 saturated carbocycles. The summed E-state index contributed by atoms with van der Waals surface area (Å²) >= 11 is 0. The maximum absolute atomic E-state index is 12.5. The first-order valence-electron chi connectivity index (χ1n) is 10.4. The van der Waals surface area contributed by atoms with Gasteiger partial charge in [-0.3, -0.25) is 0 Å². The lowest BCUT2D eigenvalue weighted by atomic mass is 9.30. The van der Waals surface area contributed by atoms with Crippen LogP contribution in [0.25, 0.3) is 0 Å². The molecule has 1 aromatic rings. The van der Waals surface area contributed by atoms with Crippen LogP contribution in [0.4, 0.5) is 0 Å². The van der Waals surface area contributed by atoms with Crippen LogP contribution in [0.5, 0.6) is 11.5 Å². The molecule has 6 atom stereocenters. The standard InChI is InChI=1S/C23H28O4/c1-20(13-24)12-21-9-10-23(20,26-3)19-22(21)8-4-5-15(21)11-14-6-7-16(25-2)18(27-19)17(14)22/h6-7,13,15,19H,4-5,8-12H2,1-3H3/t15-,19-,20-,21-,22+,23+/m1/s1. The molecule has 6 aliphatic rings. The minimum absolute atomic E-state index is 0.0237. The van der Waals surface area contributed by atoms with Crippen LogP contribution in [-0.4, -0.2) is 32.2 Å². The summed E-state index contributed by atoms with van der Waals surface area (Å²) in [5.41, 5.74) is 1.90. The van der Waals surface area contributed by atoms with Crippen molar-refractivity contribution in [2.45, 2.75) is 69.0 Å². The number of aldehydes is 1. The molecular weight excluding hydrogens is 340 g/mol. The number of carbonyl (C=O) groups is 1. The van der Waals surface area contributed by atoms with E-state index in [0.29, 0.717) is 5.92 Å². The molecule has 1 heterocycles. The molecule has 0 radical (unpaired) electrons. The highest BCUT2D eigenvalue weighted by atomic mass is 16.6. The number of methoxy groups -OCH3 is 2. The van der Waals surface area contributed by atoms with Crippen molar-refractivity contribution in [2.75, 3.05) is 14.2 Å². The maximum atomic E-state index is 12.5. The average Bonchev–Trinajstić information content (AvgIpc) is 3.03. The van der Waals surface area contributed by atoms with E-state index in [-0.39, 0.29) is 16.9 Å². The third-order valence-electron chi connectivity index (χ3n) is 9.46. The van der Waals surface area contributed by atoms with Crippen LogP contribution in [-0.2, 0) is 21.4 Å². The van der Waals surface area contributed by atoms with Gasteiger partial charge in [0.25, 0.3) is 0 Å². The van der Waals surface area contributed by atoms with Crippen molar-refractivity contribution >= 4 is 6.29 Å². The Balaban J connectivity index is 1.72. The highest BCUT2D eigenvalue weighted by Gasteiger charge is 2.82. The van der Waals surface area contributed by atoms with E-state index in [1.807, 2.05) is 0 Å². The Morgan fingerprint density at radius 3 is 2.81 bits per heavy atom. The average molecular weight is 368 g/mol. The van der Waals surface area contributed by atoms with Gasteiger partial charge in [-0.25, -0.2) is 0 Å². The Kier molecular flexibility index (Phi) is 2.86. The third-order valence-corrected chi connectivity index (χ3v) is 9.46. The Labute approximate surface area is 160 Å². The molecule has 0 aromatic heterocycles. The second kappa shape index (κ2) is 4.71. The van der Waals surface area contributed by atoms with E-state index in [1.54, 1.807) is 14.2 Å². The van der Waals surface area contributed by atoms with Crippen molar-refractivity contribution in [1.29, 1.82) is 0 Å². The van der Waals surface area contributed by atoms with Crippen LogP contribution >= 0.6 is 0 Å². The van der Waals surface area contributed by atoms with E-state index in [2.05, 4.69) is 19.1 Å². The first kappa shape index (κ1) is 16.4. The molecule has 2 spiro atoms. The summed E-state index contributed by atoms with van der Waals surface area (Å²) in [6.07, 6.45) is 8.82. The van der Waals surface area contributed by atoms with Gasteiger partial charge in [0, 0.05) is 18.1 Å². The number of hydrogen-bond acceptors (Lipinski definition) is 4. The molecule has 0 N–H and O–H groups in total. The summed E-state index contributed by atoms with van der Waals surface area (Å²) < 4.78 is 18.8. The van der Waals surface area contributed by atoms with E-state index in [9.17, 15) is 4.79 Å². The van der Waals surface area contributed by atoms with Crippen LogP contribution in [0.15, 0.2) is 12.1 Å². The van der Waals surface area contributed by atoms with Gasteiger partial charge in [0.15, 0.2) is 11.5 Å². The van der Waals surface area contributed by atoms with Crippen LogP contribution < -0.4 is 9.47 Å². The maximum Gasteiger partial charge on any atom is 0.165 e. The number of benzene rings is 1. The zero-order valence-corrected chi connectivity index (χ0v) is 16.5. The molecular formula is C23H28O4. The molecule has 27 heavy (non-hydrogen) atoms. The fourth-order valence-corrected chi connectivity index (χ4v) is 8.56. The van der Waals surface area contributed by atoms with Crippen LogP contribution in [0, 0.1) is 16.7 Å². The van der Waals surface area contributed by atoms with Crippen molar-refractivity contribution in [3.05, 3.63) is 23.3 Å². The van der Waals surface area contributed by atoms with Crippen LogP contribution in [0.2, 0.25) is 0 Å². The highest BCUT2D eigenvalue weighted by molar-refractivity contribution is 5.69. The molecule has 0 amide bonds. The van der Waals surface area contributed by atoms with Crippen LogP contribution in [0.3, 0.4) is 0 Å². The van der Waals surface area contributed by atoms with Crippen molar-refractivity contribution in [1.82, 2.24) is 0 Å². The number of rotatable bonds is 3. The molecule has 1 aliphatic heterocycles. The number of carbonyl (C=O) groups excluding carboxylic acids is 1. The smallest absolute Gasteiger partial charge is 0.165 e. The van der Waals surface area contributed by atoms with E-state index in [1.165, 1.54) is 30.3 Å². The van der Waals surface area contributed by atoms with E-state index >= 15 is 0 Å². The second-order valence-electron chi connectivity index (χ2n) is 9.86. The highest BCUT2D eigenvalue weighted by Crippen LogP contribution is 2.80. The summed E-state index contributed by atoms with van der Waals surface area (Å²) in [6, 6.07) is 4.33. The molecule has 5 aliphatic carbocycles. The summed E-state index contributed by atoms with van der Waals surface area (Å²) in [6.45, 7) is 2.12. The van der Waals surface area contributed by atoms with Gasteiger partial charge in [-0.15, -0.1) is 0 Å². The van der Waals surface area contributed by atoms with Crippen molar-refractivity contribution in [2.24, 2.45) is 16.7 Å². The first-order chi connectivity index (χ1) is 13.0. The van der Waals surface area contributed by atoms with Gasteiger partial charge in [0.1, 0.15) is 18.0 Å². The normalized spacial score (nSPS) is 48.0. The minimum atomic E-state index is -0.559. The fraction of sp³-hybridized carbons (Fsp3) is 0.696. The summed E-state index contributed by atoms with van der Waals surface area (Å²) in [7, 11) is 3.50. The summed E-state index contributed by atoms with van der Waals surface area (Å²) in [4.78, 5) is 12.5. The molecule has 4 bridgehead atoms.